The van der Waals surface area contributed by atoms with Gasteiger partial charge in [-0.15, -0.1) is 0 Å². The summed E-state index contributed by atoms with van der Waals surface area (Å²) >= 11 is 0. The van der Waals surface area contributed by atoms with Crippen LogP contribution in [0.1, 0.15) is 63.9 Å². The van der Waals surface area contributed by atoms with Gasteiger partial charge in [0.15, 0.2) is 11.6 Å². The summed E-state index contributed by atoms with van der Waals surface area (Å²) in [7, 11) is 0. The molecule has 0 unspecified atom stereocenters. The van der Waals surface area contributed by atoms with Gasteiger partial charge in [0.25, 0.3) is 0 Å². The van der Waals surface area contributed by atoms with E-state index in [1.165, 1.54) is 5.56 Å². The first-order valence-corrected chi connectivity index (χ1v) is 14.9. The second-order valence-corrected chi connectivity index (χ2v) is 11.7. The maximum Gasteiger partial charge on any atom is 0.165 e. The van der Waals surface area contributed by atoms with Gasteiger partial charge in [-0.25, -0.2) is 4.98 Å². The molecule has 0 radical (unpaired) electrons. The third-order valence-corrected chi connectivity index (χ3v) is 8.81. The highest BCUT2D eigenvalue weighted by Gasteiger charge is 2.30. The van der Waals surface area contributed by atoms with Crippen molar-refractivity contribution >= 4 is 23.1 Å². The highest BCUT2D eigenvalue weighted by Crippen LogP contribution is 2.33. The number of hydrogen-bond donors (Lipinski definition) is 0. The molecule has 3 heterocycles. The average molecular weight is 548 g/mol. The Kier molecular flexibility index (Phi) is 8.11. The van der Waals surface area contributed by atoms with Crippen molar-refractivity contribution in [3.63, 3.8) is 0 Å². The van der Waals surface area contributed by atoms with Gasteiger partial charge in [-0.05, 0) is 98.8 Å². The third-order valence-electron chi connectivity index (χ3n) is 8.81. The number of carbonyl (C=O) groups excluding carboxylic acids is 2. The van der Waals surface area contributed by atoms with Crippen LogP contribution in [0.15, 0.2) is 66.9 Å². The fourth-order valence-corrected chi connectivity index (χ4v) is 6.02. The zero-order valence-corrected chi connectivity index (χ0v) is 23.5. The van der Waals surface area contributed by atoms with E-state index in [0.29, 0.717) is 23.5 Å². The molecule has 1 aliphatic carbocycles. The number of ketones is 2. The second-order valence-electron chi connectivity index (χ2n) is 11.7. The molecular weight excluding hydrogens is 510 g/mol. The SMILES string of the molecule is N#Cc1ccc(CN2CCC(CC(=O)c3ccc(N4CCN(c5ccc(C(=O)C6CC6)cc5)CC4)nc3)CC2)cc1. The second kappa shape index (κ2) is 12.2. The summed E-state index contributed by atoms with van der Waals surface area (Å²) in [5.74, 6) is 2.05. The maximum atomic E-state index is 13.0. The van der Waals surface area contributed by atoms with Crippen molar-refractivity contribution < 1.29 is 9.59 Å². The highest BCUT2D eigenvalue weighted by molar-refractivity contribution is 5.99. The first kappa shape index (κ1) is 27.2. The maximum absolute atomic E-state index is 13.0. The molecule has 210 valence electrons. The molecule has 0 atom stereocenters. The third kappa shape index (κ3) is 6.66. The fourth-order valence-electron chi connectivity index (χ4n) is 6.02. The van der Waals surface area contributed by atoms with Gasteiger partial charge < -0.3 is 9.80 Å². The molecule has 0 spiro atoms. The Labute approximate surface area is 242 Å². The predicted octanol–water partition coefficient (Wildman–Crippen LogP) is 5.36. The average Bonchev–Trinajstić information content (AvgIpc) is 3.88. The number of piperazine rings is 1. The van der Waals surface area contributed by atoms with Crippen molar-refractivity contribution in [1.82, 2.24) is 9.88 Å². The quantitative estimate of drug-likeness (QED) is 0.334. The molecular formula is C34H37N5O2. The van der Waals surface area contributed by atoms with Crippen LogP contribution < -0.4 is 9.80 Å². The monoisotopic (exact) mass is 547 g/mol. The van der Waals surface area contributed by atoms with Gasteiger partial charge in [0.05, 0.1) is 11.6 Å². The van der Waals surface area contributed by atoms with E-state index in [-0.39, 0.29) is 17.5 Å². The summed E-state index contributed by atoms with van der Waals surface area (Å²) in [5, 5.41) is 8.98. The van der Waals surface area contributed by atoms with E-state index < -0.39 is 0 Å². The molecule has 3 aromatic rings. The summed E-state index contributed by atoms with van der Waals surface area (Å²) in [4.78, 5) is 37.0. The van der Waals surface area contributed by atoms with Crippen molar-refractivity contribution in [2.45, 2.75) is 38.6 Å². The first-order valence-electron chi connectivity index (χ1n) is 14.9. The molecule has 2 saturated heterocycles. The summed E-state index contributed by atoms with van der Waals surface area (Å²) in [5.41, 5.74) is 4.61. The van der Waals surface area contributed by atoms with E-state index in [1.54, 1.807) is 6.20 Å². The Morgan fingerprint density at radius 2 is 1.44 bits per heavy atom. The number of piperidine rings is 1. The lowest BCUT2D eigenvalue weighted by molar-refractivity contribution is 0.0923. The van der Waals surface area contributed by atoms with Gasteiger partial charge in [-0.1, -0.05) is 12.1 Å². The molecule has 3 fully saturated rings. The molecule has 41 heavy (non-hydrogen) atoms. The van der Waals surface area contributed by atoms with Gasteiger partial charge in [0.1, 0.15) is 5.82 Å². The lowest BCUT2D eigenvalue weighted by Crippen LogP contribution is -2.46. The summed E-state index contributed by atoms with van der Waals surface area (Å²) in [6.45, 7) is 6.38. The molecule has 0 N–H and O–H groups in total. The predicted molar refractivity (Wildman–Crippen MR) is 160 cm³/mol. The lowest BCUT2D eigenvalue weighted by Gasteiger charge is -2.36. The number of rotatable bonds is 9. The number of anilines is 2. The van der Waals surface area contributed by atoms with Crippen molar-refractivity contribution in [3.05, 3.63) is 89.1 Å². The molecule has 6 rings (SSSR count). The number of likely N-dealkylation sites (tertiary alicyclic amines) is 1. The van der Waals surface area contributed by atoms with Crippen molar-refractivity contribution in [1.29, 1.82) is 5.26 Å². The topological polar surface area (TPSA) is 80.5 Å². The largest absolute Gasteiger partial charge is 0.368 e. The van der Waals surface area contributed by atoms with Crippen LogP contribution in [0.4, 0.5) is 11.5 Å². The van der Waals surface area contributed by atoms with Crippen molar-refractivity contribution in [2.24, 2.45) is 11.8 Å². The fraction of sp³-hybridized carbons (Fsp3) is 0.412. The summed E-state index contributed by atoms with van der Waals surface area (Å²) in [6, 6.07) is 22.0. The highest BCUT2D eigenvalue weighted by atomic mass is 16.1. The van der Waals surface area contributed by atoms with Crippen molar-refractivity contribution in [3.8, 4) is 6.07 Å². The van der Waals surface area contributed by atoms with Crippen molar-refractivity contribution in [2.75, 3.05) is 49.1 Å². The zero-order chi connectivity index (χ0) is 28.2. The molecule has 7 heteroatoms. The molecule has 7 nitrogen and oxygen atoms in total. The van der Waals surface area contributed by atoms with E-state index in [0.717, 1.165) is 88.6 Å². The minimum Gasteiger partial charge on any atom is -0.368 e. The van der Waals surface area contributed by atoms with Gasteiger partial charge in [-0.2, -0.15) is 5.26 Å². The number of nitrogens with zero attached hydrogens (tertiary/aromatic N) is 5. The van der Waals surface area contributed by atoms with Crippen LogP contribution in [0.5, 0.6) is 0 Å². The summed E-state index contributed by atoms with van der Waals surface area (Å²) < 4.78 is 0. The minimum absolute atomic E-state index is 0.183. The number of aromatic nitrogens is 1. The van der Waals surface area contributed by atoms with Gasteiger partial charge in [-0.3, -0.25) is 14.5 Å². The van der Waals surface area contributed by atoms with Gasteiger partial charge in [0.2, 0.25) is 0 Å². The zero-order valence-electron chi connectivity index (χ0n) is 23.5. The van der Waals surface area contributed by atoms with E-state index >= 15 is 0 Å². The lowest BCUT2D eigenvalue weighted by atomic mass is 9.90. The molecule has 0 amide bonds. The Balaban J connectivity index is 0.945. The Hall–Kier alpha value is -4.02. The number of hydrogen-bond acceptors (Lipinski definition) is 7. The van der Waals surface area contributed by atoms with Crippen LogP contribution in [0, 0.1) is 23.2 Å². The molecule has 0 bridgehead atoms. The van der Waals surface area contributed by atoms with E-state index in [2.05, 4.69) is 37.9 Å². The number of benzene rings is 2. The van der Waals surface area contributed by atoms with Crippen LogP contribution in [-0.2, 0) is 6.54 Å². The van der Waals surface area contributed by atoms with Crippen LogP contribution in [0.3, 0.4) is 0 Å². The number of pyridine rings is 1. The Morgan fingerprint density at radius 3 is 2.05 bits per heavy atom. The summed E-state index contributed by atoms with van der Waals surface area (Å²) in [6.07, 6.45) is 6.45. The van der Waals surface area contributed by atoms with E-state index in [4.69, 9.17) is 5.26 Å². The minimum atomic E-state index is 0.183. The van der Waals surface area contributed by atoms with E-state index in [9.17, 15) is 9.59 Å². The molecule has 1 aromatic heterocycles. The molecule has 1 saturated carbocycles. The normalized spacial score (nSPS) is 18.2. The van der Waals surface area contributed by atoms with Crippen LogP contribution in [-0.4, -0.2) is 60.7 Å². The van der Waals surface area contributed by atoms with E-state index in [1.807, 2.05) is 48.5 Å². The standard InChI is InChI=1S/C34H37N5O2/c35-22-26-1-3-27(4-2-26)24-37-15-13-25(14-16-37)21-32(40)30-9-12-33(36-23-30)39-19-17-38(18-20-39)31-10-7-29(8-11-31)34(41)28-5-6-28/h1-4,7-12,23,25,28H,5-6,13-21,24H2. The number of Topliss-reactive ketones (excluding diaryl/α,β-unsaturated/α-hetero) is 2. The van der Waals surface area contributed by atoms with Crippen LogP contribution in [0.2, 0.25) is 0 Å². The van der Waals surface area contributed by atoms with Crippen LogP contribution in [0.25, 0.3) is 0 Å². The number of nitriles is 1. The molecule has 2 aromatic carbocycles. The number of carbonyl (C=O) groups is 2. The molecule has 3 aliphatic rings. The Morgan fingerprint density at radius 1 is 0.780 bits per heavy atom. The van der Waals surface area contributed by atoms with Gasteiger partial charge >= 0.3 is 0 Å². The molecule has 2 aliphatic heterocycles. The first-order chi connectivity index (χ1) is 20.1. The smallest absolute Gasteiger partial charge is 0.165 e. The van der Waals surface area contributed by atoms with Crippen LogP contribution >= 0.6 is 0 Å². The Bertz CT molecular complexity index is 1390. The van der Waals surface area contributed by atoms with Gasteiger partial charge in [0, 0.05) is 68.1 Å².